The van der Waals surface area contributed by atoms with E-state index in [9.17, 15) is 9.59 Å². The van der Waals surface area contributed by atoms with E-state index in [4.69, 9.17) is 5.73 Å². The Morgan fingerprint density at radius 3 is 2.25 bits per heavy atom. The SMILES string of the molecule is C[C@H](N)C(=O)Nc1ccccc1C(=O)c1ccccc1. The van der Waals surface area contributed by atoms with Crippen LogP contribution in [-0.2, 0) is 4.79 Å². The van der Waals surface area contributed by atoms with Gasteiger partial charge in [-0.2, -0.15) is 0 Å². The minimum absolute atomic E-state index is 0.133. The summed E-state index contributed by atoms with van der Waals surface area (Å²) in [5.41, 5.74) is 7.03. The lowest BCUT2D eigenvalue weighted by Gasteiger charge is -2.12. The highest BCUT2D eigenvalue weighted by atomic mass is 16.2. The smallest absolute Gasteiger partial charge is 0.241 e. The molecule has 2 rings (SSSR count). The fourth-order valence-electron chi connectivity index (χ4n) is 1.78. The molecule has 4 nitrogen and oxygen atoms in total. The number of nitrogens with two attached hydrogens (primary N) is 1. The second-order valence-corrected chi connectivity index (χ2v) is 4.52. The molecule has 2 aromatic carbocycles. The van der Waals surface area contributed by atoms with Crippen LogP contribution >= 0.6 is 0 Å². The van der Waals surface area contributed by atoms with Crippen LogP contribution in [0.1, 0.15) is 22.8 Å². The molecular weight excluding hydrogens is 252 g/mol. The summed E-state index contributed by atoms with van der Waals surface area (Å²) in [6.07, 6.45) is 0. The topological polar surface area (TPSA) is 72.2 Å². The molecule has 1 amide bonds. The number of hydrogen-bond donors (Lipinski definition) is 2. The molecule has 0 aliphatic heterocycles. The minimum Gasteiger partial charge on any atom is -0.324 e. The van der Waals surface area contributed by atoms with E-state index in [2.05, 4.69) is 5.32 Å². The highest BCUT2D eigenvalue weighted by Gasteiger charge is 2.15. The van der Waals surface area contributed by atoms with Gasteiger partial charge in [0.25, 0.3) is 0 Å². The number of carbonyl (C=O) groups is 2. The lowest BCUT2D eigenvalue weighted by atomic mass is 10.0. The zero-order chi connectivity index (χ0) is 14.5. The molecule has 0 bridgehead atoms. The molecule has 0 aromatic heterocycles. The normalized spacial score (nSPS) is 11.7. The molecule has 0 saturated heterocycles. The number of amides is 1. The molecule has 0 fully saturated rings. The quantitative estimate of drug-likeness (QED) is 0.835. The molecule has 0 heterocycles. The number of anilines is 1. The van der Waals surface area contributed by atoms with Gasteiger partial charge < -0.3 is 11.1 Å². The molecule has 3 N–H and O–H groups in total. The van der Waals surface area contributed by atoms with Gasteiger partial charge in [0.2, 0.25) is 5.91 Å². The highest BCUT2D eigenvalue weighted by molar-refractivity contribution is 6.14. The summed E-state index contributed by atoms with van der Waals surface area (Å²) in [5.74, 6) is -0.454. The van der Waals surface area contributed by atoms with E-state index in [1.54, 1.807) is 55.5 Å². The summed E-state index contributed by atoms with van der Waals surface area (Å²) in [4.78, 5) is 24.1. The fraction of sp³-hybridized carbons (Fsp3) is 0.125. The van der Waals surface area contributed by atoms with Crippen LogP contribution in [0, 0.1) is 0 Å². The second kappa shape index (κ2) is 6.12. The molecule has 0 unspecified atom stereocenters. The lowest BCUT2D eigenvalue weighted by molar-refractivity contribution is -0.117. The molecule has 0 aliphatic carbocycles. The zero-order valence-corrected chi connectivity index (χ0v) is 11.2. The first-order valence-electron chi connectivity index (χ1n) is 6.35. The van der Waals surface area contributed by atoms with Gasteiger partial charge >= 0.3 is 0 Å². The van der Waals surface area contributed by atoms with Crippen molar-refractivity contribution >= 4 is 17.4 Å². The Morgan fingerprint density at radius 1 is 1.00 bits per heavy atom. The largest absolute Gasteiger partial charge is 0.324 e. The lowest BCUT2D eigenvalue weighted by Crippen LogP contribution is -2.33. The Bertz CT molecular complexity index is 621. The van der Waals surface area contributed by atoms with Crippen molar-refractivity contribution in [3.8, 4) is 0 Å². The summed E-state index contributed by atoms with van der Waals surface area (Å²) >= 11 is 0. The Kier molecular flexibility index (Phi) is 4.27. The van der Waals surface area contributed by atoms with E-state index >= 15 is 0 Å². The Labute approximate surface area is 117 Å². The fourth-order valence-corrected chi connectivity index (χ4v) is 1.78. The van der Waals surface area contributed by atoms with Crippen LogP contribution in [0.4, 0.5) is 5.69 Å². The average molecular weight is 268 g/mol. The first-order valence-corrected chi connectivity index (χ1v) is 6.35. The molecule has 20 heavy (non-hydrogen) atoms. The number of para-hydroxylation sites is 1. The number of nitrogens with one attached hydrogen (secondary N) is 1. The maximum atomic E-state index is 12.4. The van der Waals surface area contributed by atoms with Crippen LogP contribution in [0.5, 0.6) is 0 Å². The molecule has 102 valence electrons. The number of rotatable bonds is 4. The standard InChI is InChI=1S/C16H16N2O2/c1-11(17)16(20)18-14-10-6-5-9-13(14)15(19)12-7-3-2-4-8-12/h2-11H,17H2,1H3,(H,18,20)/t11-/m0/s1. The van der Waals surface area contributed by atoms with E-state index in [0.717, 1.165) is 0 Å². The van der Waals surface area contributed by atoms with Gasteiger partial charge in [-0.15, -0.1) is 0 Å². The van der Waals surface area contributed by atoms with Gasteiger partial charge in [-0.1, -0.05) is 42.5 Å². The molecule has 0 aliphatic rings. The van der Waals surface area contributed by atoms with Gasteiger partial charge in [0.15, 0.2) is 5.78 Å². The Hall–Kier alpha value is -2.46. The van der Waals surface area contributed by atoms with Gasteiger partial charge in [-0.05, 0) is 19.1 Å². The third-order valence-corrected chi connectivity index (χ3v) is 2.88. The number of carbonyl (C=O) groups excluding carboxylic acids is 2. The Morgan fingerprint density at radius 2 is 1.60 bits per heavy atom. The third kappa shape index (κ3) is 3.10. The van der Waals surface area contributed by atoms with Crippen molar-refractivity contribution in [3.05, 3.63) is 65.7 Å². The van der Waals surface area contributed by atoms with Gasteiger partial charge in [0.05, 0.1) is 11.7 Å². The third-order valence-electron chi connectivity index (χ3n) is 2.88. The Balaban J connectivity index is 2.33. The van der Waals surface area contributed by atoms with E-state index < -0.39 is 6.04 Å². The van der Waals surface area contributed by atoms with E-state index in [-0.39, 0.29) is 11.7 Å². The number of hydrogen-bond acceptors (Lipinski definition) is 3. The van der Waals surface area contributed by atoms with E-state index in [1.165, 1.54) is 0 Å². The molecule has 0 saturated carbocycles. The van der Waals surface area contributed by atoms with Crippen LogP contribution in [-0.4, -0.2) is 17.7 Å². The van der Waals surface area contributed by atoms with Crippen molar-refractivity contribution in [2.24, 2.45) is 5.73 Å². The maximum absolute atomic E-state index is 12.4. The van der Waals surface area contributed by atoms with Crippen molar-refractivity contribution < 1.29 is 9.59 Å². The van der Waals surface area contributed by atoms with Crippen LogP contribution < -0.4 is 11.1 Å². The van der Waals surface area contributed by atoms with Gasteiger partial charge in [0.1, 0.15) is 0 Å². The van der Waals surface area contributed by atoms with Crippen molar-refractivity contribution in [2.75, 3.05) is 5.32 Å². The summed E-state index contributed by atoms with van der Waals surface area (Å²) in [6.45, 7) is 1.59. The average Bonchev–Trinajstić information content (AvgIpc) is 2.48. The van der Waals surface area contributed by atoms with Crippen LogP contribution in [0.2, 0.25) is 0 Å². The van der Waals surface area contributed by atoms with Crippen molar-refractivity contribution in [1.29, 1.82) is 0 Å². The molecule has 4 heteroatoms. The van der Waals surface area contributed by atoms with Gasteiger partial charge in [0, 0.05) is 11.1 Å². The highest BCUT2D eigenvalue weighted by Crippen LogP contribution is 2.19. The number of benzene rings is 2. The van der Waals surface area contributed by atoms with Crippen molar-refractivity contribution in [2.45, 2.75) is 13.0 Å². The van der Waals surface area contributed by atoms with Crippen LogP contribution in [0.15, 0.2) is 54.6 Å². The summed E-state index contributed by atoms with van der Waals surface area (Å²) < 4.78 is 0. The zero-order valence-electron chi connectivity index (χ0n) is 11.2. The van der Waals surface area contributed by atoms with Crippen LogP contribution in [0.25, 0.3) is 0 Å². The first kappa shape index (κ1) is 14.0. The molecule has 1 atom stereocenters. The van der Waals surface area contributed by atoms with Gasteiger partial charge in [-0.3, -0.25) is 9.59 Å². The minimum atomic E-state index is -0.630. The van der Waals surface area contributed by atoms with Crippen molar-refractivity contribution in [1.82, 2.24) is 0 Å². The van der Waals surface area contributed by atoms with E-state index in [0.29, 0.717) is 16.8 Å². The molecule has 2 aromatic rings. The van der Waals surface area contributed by atoms with Crippen LogP contribution in [0.3, 0.4) is 0 Å². The predicted molar refractivity (Wildman–Crippen MR) is 78.6 cm³/mol. The number of ketones is 1. The summed E-state index contributed by atoms with van der Waals surface area (Å²) in [7, 11) is 0. The van der Waals surface area contributed by atoms with Crippen molar-refractivity contribution in [3.63, 3.8) is 0 Å². The molecular formula is C16H16N2O2. The summed E-state index contributed by atoms with van der Waals surface area (Å²) in [5, 5.41) is 2.68. The molecule has 0 spiro atoms. The maximum Gasteiger partial charge on any atom is 0.241 e. The molecule has 0 radical (unpaired) electrons. The van der Waals surface area contributed by atoms with E-state index in [1.807, 2.05) is 6.07 Å². The predicted octanol–water partition coefficient (Wildman–Crippen LogP) is 2.20. The monoisotopic (exact) mass is 268 g/mol. The second-order valence-electron chi connectivity index (χ2n) is 4.52. The van der Waals surface area contributed by atoms with Gasteiger partial charge in [-0.25, -0.2) is 0 Å². The first-order chi connectivity index (χ1) is 9.59. The summed E-state index contributed by atoms with van der Waals surface area (Å²) in [6, 6.07) is 15.2.